The zero-order chi connectivity index (χ0) is 14.0. The summed E-state index contributed by atoms with van der Waals surface area (Å²) in [5.41, 5.74) is 1.47. The van der Waals surface area contributed by atoms with Gasteiger partial charge in [0.25, 0.3) is 0 Å². The van der Waals surface area contributed by atoms with Gasteiger partial charge in [-0.3, -0.25) is 0 Å². The first-order valence-corrected chi connectivity index (χ1v) is 6.14. The zero-order valence-corrected chi connectivity index (χ0v) is 11.6. The Morgan fingerprint density at radius 2 is 1.84 bits per heavy atom. The zero-order valence-electron chi connectivity index (χ0n) is 10.9. The number of benzene rings is 1. The van der Waals surface area contributed by atoms with Crippen molar-refractivity contribution in [2.75, 3.05) is 17.7 Å². The molecule has 2 N–H and O–H groups in total. The SMILES string of the molecule is CNc1nc(C)nc(Nc2ccc(F)cc2Cl)c1C. The molecule has 6 heteroatoms. The van der Waals surface area contributed by atoms with Crippen LogP contribution in [0.2, 0.25) is 5.02 Å². The lowest BCUT2D eigenvalue weighted by molar-refractivity contribution is 0.628. The molecular formula is C13H14ClFN4. The lowest BCUT2D eigenvalue weighted by atomic mass is 10.2. The molecule has 0 atom stereocenters. The minimum Gasteiger partial charge on any atom is -0.373 e. The van der Waals surface area contributed by atoms with Crippen LogP contribution in [-0.2, 0) is 0 Å². The second-order valence-electron chi connectivity index (χ2n) is 4.09. The summed E-state index contributed by atoms with van der Waals surface area (Å²) in [6, 6.07) is 4.18. The van der Waals surface area contributed by atoms with Crippen LogP contribution in [0, 0.1) is 19.7 Å². The molecule has 1 aromatic carbocycles. The minimum absolute atomic E-state index is 0.307. The number of rotatable bonds is 3. The van der Waals surface area contributed by atoms with E-state index in [1.807, 2.05) is 6.92 Å². The van der Waals surface area contributed by atoms with Gasteiger partial charge in [0.2, 0.25) is 0 Å². The highest BCUT2D eigenvalue weighted by Gasteiger charge is 2.10. The molecule has 4 nitrogen and oxygen atoms in total. The molecule has 0 saturated heterocycles. The van der Waals surface area contributed by atoms with Gasteiger partial charge in [-0.1, -0.05) is 11.6 Å². The third kappa shape index (κ3) is 2.93. The number of nitrogens with zero attached hydrogens (tertiary/aromatic N) is 2. The van der Waals surface area contributed by atoms with Crippen LogP contribution in [0.1, 0.15) is 11.4 Å². The fraction of sp³-hybridized carbons (Fsp3) is 0.231. The molecule has 0 bridgehead atoms. The molecule has 0 radical (unpaired) electrons. The van der Waals surface area contributed by atoms with E-state index in [1.54, 1.807) is 20.0 Å². The van der Waals surface area contributed by atoms with Crippen molar-refractivity contribution in [1.29, 1.82) is 0 Å². The monoisotopic (exact) mass is 280 g/mol. The molecule has 2 rings (SSSR count). The summed E-state index contributed by atoms with van der Waals surface area (Å²) in [6.07, 6.45) is 0. The molecule has 19 heavy (non-hydrogen) atoms. The van der Waals surface area contributed by atoms with Gasteiger partial charge in [-0.2, -0.15) is 0 Å². The first-order valence-electron chi connectivity index (χ1n) is 5.76. The molecule has 0 aliphatic rings. The van der Waals surface area contributed by atoms with E-state index in [0.29, 0.717) is 22.4 Å². The second-order valence-corrected chi connectivity index (χ2v) is 4.50. The molecule has 0 aliphatic heterocycles. The quantitative estimate of drug-likeness (QED) is 0.901. The molecule has 1 heterocycles. The van der Waals surface area contributed by atoms with Crippen molar-refractivity contribution in [3.8, 4) is 0 Å². The summed E-state index contributed by atoms with van der Waals surface area (Å²) in [7, 11) is 1.80. The Morgan fingerprint density at radius 1 is 1.16 bits per heavy atom. The van der Waals surface area contributed by atoms with Crippen LogP contribution < -0.4 is 10.6 Å². The summed E-state index contributed by atoms with van der Waals surface area (Å²) in [5, 5.41) is 6.40. The predicted molar refractivity (Wildman–Crippen MR) is 75.7 cm³/mol. The first-order chi connectivity index (χ1) is 9.01. The van der Waals surface area contributed by atoms with E-state index in [1.165, 1.54) is 12.1 Å². The highest BCUT2D eigenvalue weighted by atomic mass is 35.5. The molecule has 1 aromatic heterocycles. The van der Waals surface area contributed by atoms with Crippen molar-refractivity contribution in [3.05, 3.63) is 40.4 Å². The molecule has 0 amide bonds. The standard InChI is InChI=1S/C13H14ClFN4/c1-7-12(16-3)17-8(2)18-13(7)19-11-5-4-9(15)6-10(11)14/h4-6H,1-3H3,(H2,16,17,18,19). The van der Waals surface area contributed by atoms with Crippen LogP contribution in [0.4, 0.5) is 21.7 Å². The number of aromatic nitrogens is 2. The predicted octanol–water partition coefficient (Wildman–Crippen LogP) is 3.67. The first kappa shape index (κ1) is 13.5. The van der Waals surface area contributed by atoms with Gasteiger partial charge in [-0.05, 0) is 32.0 Å². The van der Waals surface area contributed by atoms with E-state index < -0.39 is 0 Å². The van der Waals surface area contributed by atoms with Crippen molar-refractivity contribution in [2.24, 2.45) is 0 Å². The number of halogens is 2. The average Bonchev–Trinajstić information content (AvgIpc) is 2.36. The third-order valence-corrected chi connectivity index (χ3v) is 2.99. The molecular weight excluding hydrogens is 267 g/mol. The maximum Gasteiger partial charge on any atom is 0.139 e. The molecule has 0 fully saturated rings. The van der Waals surface area contributed by atoms with Crippen molar-refractivity contribution in [1.82, 2.24) is 9.97 Å². The summed E-state index contributed by atoms with van der Waals surface area (Å²) in [6.45, 7) is 3.70. The van der Waals surface area contributed by atoms with Gasteiger partial charge in [0, 0.05) is 12.6 Å². The van der Waals surface area contributed by atoms with Crippen molar-refractivity contribution in [3.63, 3.8) is 0 Å². The molecule has 2 aromatic rings. The van der Waals surface area contributed by atoms with Crippen molar-refractivity contribution in [2.45, 2.75) is 13.8 Å². The molecule has 100 valence electrons. The lowest BCUT2D eigenvalue weighted by Gasteiger charge is -2.13. The Morgan fingerprint density at radius 3 is 2.47 bits per heavy atom. The largest absolute Gasteiger partial charge is 0.373 e. The highest BCUT2D eigenvalue weighted by Crippen LogP contribution is 2.28. The Kier molecular flexibility index (Phi) is 3.85. The van der Waals surface area contributed by atoms with Crippen molar-refractivity contribution >= 4 is 28.9 Å². The van der Waals surface area contributed by atoms with Gasteiger partial charge < -0.3 is 10.6 Å². The lowest BCUT2D eigenvalue weighted by Crippen LogP contribution is -2.05. The van der Waals surface area contributed by atoms with Gasteiger partial charge in [0.05, 0.1) is 10.7 Å². The summed E-state index contributed by atoms with van der Waals surface area (Å²) < 4.78 is 13.0. The maximum absolute atomic E-state index is 13.0. The van der Waals surface area contributed by atoms with Crippen LogP contribution in [-0.4, -0.2) is 17.0 Å². The smallest absolute Gasteiger partial charge is 0.139 e. The molecule has 0 spiro atoms. The van der Waals surface area contributed by atoms with Gasteiger partial charge in [0.15, 0.2) is 0 Å². The number of nitrogens with one attached hydrogen (secondary N) is 2. The van der Waals surface area contributed by atoms with E-state index in [9.17, 15) is 4.39 Å². The molecule has 0 saturated carbocycles. The Labute approximate surface area is 116 Å². The maximum atomic E-state index is 13.0. The van der Waals surface area contributed by atoms with E-state index in [0.717, 1.165) is 11.4 Å². The van der Waals surface area contributed by atoms with Crippen LogP contribution in [0.25, 0.3) is 0 Å². The summed E-state index contributed by atoms with van der Waals surface area (Å²) in [4.78, 5) is 8.60. The number of hydrogen-bond donors (Lipinski definition) is 2. The average molecular weight is 281 g/mol. The van der Waals surface area contributed by atoms with E-state index >= 15 is 0 Å². The Bertz CT molecular complexity index is 616. The van der Waals surface area contributed by atoms with E-state index in [4.69, 9.17) is 11.6 Å². The summed E-state index contributed by atoms with van der Waals surface area (Å²) in [5.74, 6) is 1.65. The topological polar surface area (TPSA) is 49.8 Å². The number of aryl methyl sites for hydroxylation is 1. The van der Waals surface area contributed by atoms with Gasteiger partial charge in [-0.25, -0.2) is 14.4 Å². The van der Waals surface area contributed by atoms with Crippen molar-refractivity contribution < 1.29 is 4.39 Å². The highest BCUT2D eigenvalue weighted by molar-refractivity contribution is 6.33. The molecule has 0 aliphatic carbocycles. The fourth-order valence-corrected chi connectivity index (χ4v) is 1.93. The second kappa shape index (κ2) is 5.40. The van der Waals surface area contributed by atoms with Gasteiger partial charge >= 0.3 is 0 Å². The van der Waals surface area contributed by atoms with Crippen LogP contribution in [0.3, 0.4) is 0 Å². The van der Waals surface area contributed by atoms with Gasteiger partial charge in [0.1, 0.15) is 23.3 Å². The Balaban J connectivity index is 2.40. The Hall–Kier alpha value is -1.88. The normalized spacial score (nSPS) is 10.4. The van der Waals surface area contributed by atoms with Gasteiger partial charge in [-0.15, -0.1) is 0 Å². The molecule has 0 unspecified atom stereocenters. The summed E-state index contributed by atoms with van der Waals surface area (Å²) >= 11 is 5.98. The van der Waals surface area contributed by atoms with Crippen LogP contribution in [0.15, 0.2) is 18.2 Å². The minimum atomic E-state index is -0.373. The van der Waals surface area contributed by atoms with Crippen LogP contribution in [0.5, 0.6) is 0 Å². The third-order valence-electron chi connectivity index (χ3n) is 2.68. The van der Waals surface area contributed by atoms with E-state index in [2.05, 4.69) is 20.6 Å². The number of hydrogen-bond acceptors (Lipinski definition) is 4. The van der Waals surface area contributed by atoms with E-state index in [-0.39, 0.29) is 5.82 Å². The fourth-order valence-electron chi connectivity index (χ4n) is 1.71. The number of anilines is 3. The van der Waals surface area contributed by atoms with Crippen LogP contribution >= 0.6 is 11.6 Å².